The van der Waals surface area contributed by atoms with E-state index in [-0.39, 0.29) is 11.8 Å². The van der Waals surface area contributed by atoms with E-state index in [2.05, 4.69) is 5.32 Å². The van der Waals surface area contributed by atoms with E-state index in [1.54, 1.807) is 25.3 Å². The first-order valence-electron chi connectivity index (χ1n) is 5.53. The van der Waals surface area contributed by atoms with Gasteiger partial charge in [0, 0.05) is 23.4 Å². The average Bonchev–Trinajstić information content (AvgIpc) is 2.85. The highest BCUT2D eigenvalue weighted by atomic mass is 32.2. The molecule has 1 heterocycles. The third-order valence-electron chi connectivity index (χ3n) is 2.78. The molecule has 1 aromatic rings. The molecule has 0 saturated carbocycles. The molecule has 1 saturated heterocycles. The Morgan fingerprint density at radius 2 is 2.41 bits per heavy atom. The van der Waals surface area contributed by atoms with Crippen LogP contribution in [0.5, 0.6) is 5.75 Å². The van der Waals surface area contributed by atoms with Crippen LogP contribution in [-0.2, 0) is 4.79 Å². The van der Waals surface area contributed by atoms with Crippen LogP contribution in [0.25, 0.3) is 0 Å². The van der Waals surface area contributed by atoms with Gasteiger partial charge in [-0.3, -0.25) is 4.79 Å². The van der Waals surface area contributed by atoms with Crippen molar-refractivity contribution >= 4 is 29.0 Å². The molecule has 1 fully saturated rings. The molecule has 1 atom stereocenters. The summed E-state index contributed by atoms with van der Waals surface area (Å²) in [6.45, 7) is 0. The standard InChI is InChI=1S/C12H16N2O2S/c1-16-11-6-9(13)2-3-10(11)14-12(15)8-4-5-17-7-8/h2-3,6,8H,4-5,7,13H2,1H3,(H,14,15). The summed E-state index contributed by atoms with van der Waals surface area (Å²) >= 11 is 1.82. The summed E-state index contributed by atoms with van der Waals surface area (Å²) in [5.41, 5.74) is 6.97. The van der Waals surface area contributed by atoms with E-state index in [0.717, 1.165) is 17.9 Å². The van der Waals surface area contributed by atoms with Crippen LogP contribution >= 0.6 is 11.8 Å². The number of nitrogens with one attached hydrogen (secondary N) is 1. The summed E-state index contributed by atoms with van der Waals surface area (Å²) in [7, 11) is 1.57. The average molecular weight is 252 g/mol. The molecule has 1 aliphatic rings. The molecule has 2 rings (SSSR count). The summed E-state index contributed by atoms with van der Waals surface area (Å²) in [5, 5.41) is 2.90. The smallest absolute Gasteiger partial charge is 0.228 e. The molecular weight excluding hydrogens is 236 g/mol. The van der Waals surface area contributed by atoms with E-state index in [1.165, 1.54) is 0 Å². The number of amides is 1. The molecule has 17 heavy (non-hydrogen) atoms. The van der Waals surface area contributed by atoms with Gasteiger partial charge in [0.25, 0.3) is 0 Å². The van der Waals surface area contributed by atoms with Crippen LogP contribution < -0.4 is 15.8 Å². The SMILES string of the molecule is COc1cc(N)ccc1NC(=O)C1CCSC1. The molecule has 0 spiro atoms. The summed E-state index contributed by atoms with van der Waals surface area (Å²) in [6, 6.07) is 5.23. The third kappa shape index (κ3) is 2.85. The Morgan fingerprint density at radius 3 is 3.06 bits per heavy atom. The number of hydrogen-bond donors (Lipinski definition) is 2. The highest BCUT2D eigenvalue weighted by Crippen LogP contribution is 2.29. The Labute approximate surface area is 105 Å². The van der Waals surface area contributed by atoms with E-state index < -0.39 is 0 Å². The number of benzene rings is 1. The maximum atomic E-state index is 12.0. The molecule has 3 N–H and O–H groups in total. The highest BCUT2D eigenvalue weighted by Gasteiger charge is 2.23. The summed E-state index contributed by atoms with van der Waals surface area (Å²) < 4.78 is 5.19. The van der Waals surface area contributed by atoms with Crippen LogP contribution in [0.2, 0.25) is 0 Å². The largest absolute Gasteiger partial charge is 0.494 e. The minimum atomic E-state index is 0.0677. The van der Waals surface area contributed by atoms with Crippen LogP contribution in [-0.4, -0.2) is 24.5 Å². The van der Waals surface area contributed by atoms with E-state index >= 15 is 0 Å². The molecular formula is C12H16N2O2S. The van der Waals surface area contributed by atoms with Crippen LogP contribution in [0.15, 0.2) is 18.2 Å². The van der Waals surface area contributed by atoms with Gasteiger partial charge < -0.3 is 15.8 Å². The fourth-order valence-corrected chi connectivity index (χ4v) is 3.01. The molecule has 1 aromatic carbocycles. The van der Waals surface area contributed by atoms with E-state index in [9.17, 15) is 4.79 Å². The minimum absolute atomic E-state index is 0.0677. The summed E-state index contributed by atoms with van der Waals surface area (Å²) in [6.07, 6.45) is 0.952. The third-order valence-corrected chi connectivity index (χ3v) is 3.95. The van der Waals surface area contributed by atoms with Gasteiger partial charge >= 0.3 is 0 Å². The highest BCUT2D eigenvalue weighted by molar-refractivity contribution is 7.99. The first-order chi connectivity index (χ1) is 8.20. The second-order valence-corrected chi connectivity index (χ2v) is 5.16. The Morgan fingerprint density at radius 1 is 1.59 bits per heavy atom. The van der Waals surface area contributed by atoms with E-state index in [1.807, 2.05) is 11.8 Å². The monoisotopic (exact) mass is 252 g/mol. The van der Waals surface area contributed by atoms with E-state index in [0.29, 0.717) is 17.1 Å². The number of thioether (sulfide) groups is 1. The van der Waals surface area contributed by atoms with Crippen LogP contribution in [0, 0.1) is 5.92 Å². The normalized spacial score (nSPS) is 19.0. The zero-order valence-corrected chi connectivity index (χ0v) is 10.5. The summed E-state index contributed by atoms with van der Waals surface area (Å²) in [4.78, 5) is 12.0. The number of hydrogen-bond acceptors (Lipinski definition) is 4. The number of carbonyl (C=O) groups is 1. The first kappa shape index (κ1) is 12.1. The second kappa shape index (κ2) is 5.31. The fraction of sp³-hybridized carbons (Fsp3) is 0.417. The van der Waals surface area contributed by atoms with Gasteiger partial charge in [0.05, 0.1) is 12.8 Å². The van der Waals surface area contributed by atoms with Crippen LogP contribution in [0.3, 0.4) is 0 Å². The van der Waals surface area contributed by atoms with E-state index in [4.69, 9.17) is 10.5 Å². The van der Waals surface area contributed by atoms with Gasteiger partial charge in [-0.05, 0) is 24.3 Å². The van der Waals surface area contributed by atoms with Crippen molar-refractivity contribution < 1.29 is 9.53 Å². The molecule has 0 aromatic heterocycles. The van der Waals surface area contributed by atoms with Crippen molar-refractivity contribution in [3.8, 4) is 5.75 Å². The Kier molecular flexibility index (Phi) is 3.78. The predicted octanol–water partition coefficient (Wildman–Crippen LogP) is 1.97. The zero-order chi connectivity index (χ0) is 12.3. The first-order valence-corrected chi connectivity index (χ1v) is 6.68. The quantitative estimate of drug-likeness (QED) is 0.807. The molecule has 0 aliphatic carbocycles. The molecule has 1 aliphatic heterocycles. The van der Waals surface area contributed by atoms with Gasteiger partial charge in [0.15, 0.2) is 0 Å². The number of anilines is 2. The molecule has 1 unspecified atom stereocenters. The molecule has 0 bridgehead atoms. The number of rotatable bonds is 3. The molecule has 0 radical (unpaired) electrons. The topological polar surface area (TPSA) is 64.3 Å². The second-order valence-electron chi connectivity index (χ2n) is 4.01. The number of methoxy groups -OCH3 is 1. The Balaban J connectivity index is 2.09. The van der Waals surface area contributed by atoms with Crippen molar-refractivity contribution in [3.05, 3.63) is 18.2 Å². The maximum absolute atomic E-state index is 12.0. The van der Waals surface area contributed by atoms with Crippen molar-refractivity contribution in [2.75, 3.05) is 29.7 Å². The summed E-state index contributed by atoms with van der Waals surface area (Å²) in [5.74, 6) is 2.75. The Bertz CT molecular complexity index is 417. The van der Waals surface area contributed by atoms with Gasteiger partial charge in [-0.25, -0.2) is 0 Å². The number of nitrogens with two attached hydrogens (primary N) is 1. The molecule has 1 amide bonds. The fourth-order valence-electron chi connectivity index (χ4n) is 1.79. The van der Waals surface area contributed by atoms with Gasteiger partial charge in [-0.2, -0.15) is 11.8 Å². The lowest BCUT2D eigenvalue weighted by atomic mass is 10.1. The lowest BCUT2D eigenvalue weighted by molar-refractivity contribution is -0.119. The van der Waals surface area contributed by atoms with Crippen LogP contribution in [0.4, 0.5) is 11.4 Å². The molecule has 92 valence electrons. The Hall–Kier alpha value is -1.36. The van der Waals surface area contributed by atoms with Gasteiger partial charge in [0.2, 0.25) is 5.91 Å². The van der Waals surface area contributed by atoms with Crippen LogP contribution in [0.1, 0.15) is 6.42 Å². The molecule has 5 heteroatoms. The minimum Gasteiger partial charge on any atom is -0.494 e. The molecule has 4 nitrogen and oxygen atoms in total. The van der Waals surface area contributed by atoms with Gasteiger partial charge in [-0.15, -0.1) is 0 Å². The van der Waals surface area contributed by atoms with Gasteiger partial charge in [-0.1, -0.05) is 0 Å². The van der Waals surface area contributed by atoms with Crippen molar-refractivity contribution in [1.29, 1.82) is 0 Å². The predicted molar refractivity (Wildman–Crippen MR) is 71.5 cm³/mol. The number of ether oxygens (including phenoxy) is 1. The number of nitrogen functional groups attached to an aromatic ring is 1. The lowest BCUT2D eigenvalue weighted by Crippen LogP contribution is -2.22. The van der Waals surface area contributed by atoms with Crippen molar-refractivity contribution in [1.82, 2.24) is 0 Å². The van der Waals surface area contributed by atoms with Crippen molar-refractivity contribution in [2.24, 2.45) is 5.92 Å². The maximum Gasteiger partial charge on any atom is 0.228 e. The van der Waals surface area contributed by atoms with Gasteiger partial charge in [0.1, 0.15) is 5.75 Å². The number of carbonyl (C=O) groups excluding carboxylic acids is 1. The van der Waals surface area contributed by atoms with Crippen molar-refractivity contribution in [2.45, 2.75) is 6.42 Å². The van der Waals surface area contributed by atoms with Crippen molar-refractivity contribution in [3.63, 3.8) is 0 Å². The zero-order valence-electron chi connectivity index (χ0n) is 9.73. The lowest BCUT2D eigenvalue weighted by Gasteiger charge is -2.13.